The summed E-state index contributed by atoms with van der Waals surface area (Å²) < 4.78 is 43.5. The van der Waals surface area contributed by atoms with Gasteiger partial charge < -0.3 is 15.2 Å². The van der Waals surface area contributed by atoms with Gasteiger partial charge in [0.25, 0.3) is 0 Å². The van der Waals surface area contributed by atoms with Gasteiger partial charge in [-0.15, -0.1) is 0 Å². The predicted molar refractivity (Wildman–Crippen MR) is 87.0 cm³/mol. The van der Waals surface area contributed by atoms with Crippen LogP contribution in [-0.2, 0) is 6.18 Å². The fourth-order valence-corrected chi connectivity index (χ4v) is 2.40. The van der Waals surface area contributed by atoms with E-state index in [2.05, 4.69) is 15.5 Å². The van der Waals surface area contributed by atoms with Crippen molar-refractivity contribution in [2.24, 2.45) is 0 Å². The summed E-state index contributed by atoms with van der Waals surface area (Å²) in [4.78, 5) is 0. The van der Waals surface area contributed by atoms with E-state index in [0.29, 0.717) is 22.8 Å². The van der Waals surface area contributed by atoms with Gasteiger partial charge in [-0.05, 0) is 30.3 Å². The number of benzene rings is 2. The number of aromatic nitrogens is 2. The third-order valence-corrected chi connectivity index (χ3v) is 3.53. The maximum Gasteiger partial charge on any atom is 0.416 e. The van der Waals surface area contributed by atoms with Crippen molar-refractivity contribution < 1.29 is 23.0 Å². The van der Waals surface area contributed by atoms with Crippen LogP contribution in [0.2, 0.25) is 0 Å². The number of hydrogen-bond acceptors (Lipinski definition) is 4. The van der Waals surface area contributed by atoms with E-state index < -0.39 is 11.7 Å². The Hall–Kier alpha value is -3.16. The van der Waals surface area contributed by atoms with Gasteiger partial charge in [0, 0.05) is 11.8 Å². The van der Waals surface area contributed by atoms with Gasteiger partial charge >= 0.3 is 6.18 Å². The number of halogens is 3. The fourth-order valence-electron chi connectivity index (χ4n) is 2.40. The topological polar surface area (TPSA) is 70.2 Å². The molecule has 1 heterocycles. The number of ether oxygens (including phenoxy) is 1. The van der Waals surface area contributed by atoms with Gasteiger partial charge in [-0.25, -0.2) is 0 Å². The average molecular weight is 349 g/mol. The molecular formula is C17H14F3N3O2. The Kier molecular flexibility index (Phi) is 4.26. The average Bonchev–Trinajstić information content (AvgIpc) is 3.02. The molecule has 0 atom stereocenters. The van der Waals surface area contributed by atoms with Crippen LogP contribution >= 0.6 is 0 Å². The molecule has 5 nitrogen and oxygen atoms in total. The second-order valence-electron chi connectivity index (χ2n) is 5.22. The van der Waals surface area contributed by atoms with Crippen LogP contribution in [-0.4, -0.2) is 22.4 Å². The van der Waals surface area contributed by atoms with Crippen LogP contribution in [0.3, 0.4) is 0 Å². The van der Waals surface area contributed by atoms with E-state index in [4.69, 9.17) is 4.74 Å². The number of rotatable bonds is 4. The molecule has 2 aromatic carbocycles. The van der Waals surface area contributed by atoms with Crippen molar-refractivity contribution in [3.63, 3.8) is 0 Å². The van der Waals surface area contributed by atoms with Crippen molar-refractivity contribution in [2.45, 2.75) is 6.18 Å². The molecule has 3 aromatic rings. The first-order valence-electron chi connectivity index (χ1n) is 7.24. The van der Waals surface area contributed by atoms with E-state index in [9.17, 15) is 18.3 Å². The van der Waals surface area contributed by atoms with Crippen LogP contribution in [0.25, 0.3) is 11.3 Å². The normalized spacial score (nSPS) is 11.4. The SMILES string of the molecule is COc1cccc(O)c1-c1cc(Nc2cccc(C(F)(F)F)c2)n[nH]1. The number of alkyl halides is 3. The molecule has 0 unspecified atom stereocenters. The number of phenolic OH excluding ortho intramolecular Hbond substituents is 1. The second kappa shape index (κ2) is 6.39. The quantitative estimate of drug-likeness (QED) is 0.646. The third-order valence-electron chi connectivity index (χ3n) is 3.53. The summed E-state index contributed by atoms with van der Waals surface area (Å²) in [6.07, 6.45) is -4.42. The summed E-state index contributed by atoms with van der Waals surface area (Å²) in [6, 6.07) is 11.2. The minimum absolute atomic E-state index is 0.00591. The van der Waals surface area contributed by atoms with Gasteiger partial charge in [-0.3, -0.25) is 5.10 Å². The third kappa shape index (κ3) is 3.52. The molecule has 0 aliphatic rings. The number of nitrogens with one attached hydrogen (secondary N) is 2. The Morgan fingerprint density at radius 2 is 1.88 bits per heavy atom. The Balaban J connectivity index is 1.89. The lowest BCUT2D eigenvalue weighted by molar-refractivity contribution is -0.137. The molecule has 3 N–H and O–H groups in total. The van der Waals surface area contributed by atoms with E-state index >= 15 is 0 Å². The Morgan fingerprint density at radius 3 is 2.60 bits per heavy atom. The number of nitrogens with zero attached hydrogens (tertiary/aromatic N) is 1. The Bertz CT molecular complexity index is 891. The Morgan fingerprint density at radius 1 is 1.12 bits per heavy atom. The van der Waals surface area contributed by atoms with Gasteiger partial charge in [0.2, 0.25) is 0 Å². The van der Waals surface area contributed by atoms with Crippen LogP contribution in [0.4, 0.5) is 24.7 Å². The lowest BCUT2D eigenvalue weighted by Crippen LogP contribution is -2.05. The molecule has 25 heavy (non-hydrogen) atoms. The highest BCUT2D eigenvalue weighted by Crippen LogP contribution is 2.37. The summed E-state index contributed by atoms with van der Waals surface area (Å²) >= 11 is 0. The number of phenols is 1. The molecule has 0 fully saturated rings. The molecule has 1 aromatic heterocycles. The highest BCUT2D eigenvalue weighted by molar-refractivity contribution is 5.76. The highest BCUT2D eigenvalue weighted by atomic mass is 19.4. The molecule has 0 saturated carbocycles. The van der Waals surface area contributed by atoms with E-state index in [1.165, 1.54) is 25.3 Å². The molecule has 0 radical (unpaired) electrons. The maximum absolute atomic E-state index is 12.8. The van der Waals surface area contributed by atoms with Gasteiger partial charge in [0.15, 0.2) is 5.82 Å². The smallest absolute Gasteiger partial charge is 0.416 e. The van der Waals surface area contributed by atoms with E-state index in [1.54, 1.807) is 18.2 Å². The molecule has 0 amide bonds. The van der Waals surface area contributed by atoms with E-state index in [-0.39, 0.29) is 11.4 Å². The monoisotopic (exact) mass is 349 g/mol. The number of methoxy groups -OCH3 is 1. The zero-order valence-electron chi connectivity index (χ0n) is 13.1. The predicted octanol–water partition coefficient (Wildman–Crippen LogP) is 4.55. The van der Waals surface area contributed by atoms with Crippen molar-refractivity contribution in [3.05, 3.63) is 54.1 Å². The molecule has 0 spiro atoms. The maximum atomic E-state index is 12.8. The first-order chi connectivity index (χ1) is 11.9. The minimum Gasteiger partial charge on any atom is -0.507 e. The van der Waals surface area contributed by atoms with Crippen molar-refractivity contribution >= 4 is 11.5 Å². The number of hydrogen-bond donors (Lipinski definition) is 3. The van der Waals surface area contributed by atoms with Gasteiger partial charge in [-0.1, -0.05) is 12.1 Å². The molecule has 0 aliphatic heterocycles. The molecular weight excluding hydrogens is 335 g/mol. The standard InChI is InChI=1S/C17H14F3N3O2/c1-25-14-7-3-6-13(24)16(14)12-9-15(23-22-12)21-11-5-2-4-10(8-11)17(18,19)20/h2-9,24H,1H3,(H2,21,22,23). The molecule has 130 valence electrons. The van der Waals surface area contributed by atoms with Crippen LogP contribution in [0.15, 0.2) is 48.5 Å². The minimum atomic E-state index is -4.42. The molecule has 8 heteroatoms. The first kappa shape index (κ1) is 16.7. The Labute approximate surface area is 141 Å². The number of aromatic amines is 1. The summed E-state index contributed by atoms with van der Waals surface area (Å²) in [6.45, 7) is 0. The largest absolute Gasteiger partial charge is 0.507 e. The zero-order chi connectivity index (χ0) is 18.0. The van der Waals surface area contributed by atoms with Crippen LogP contribution < -0.4 is 10.1 Å². The summed E-state index contributed by atoms with van der Waals surface area (Å²) in [5.74, 6) is 0.738. The van der Waals surface area contributed by atoms with E-state index in [1.807, 2.05) is 0 Å². The van der Waals surface area contributed by atoms with Crippen molar-refractivity contribution in [2.75, 3.05) is 12.4 Å². The lowest BCUT2D eigenvalue weighted by atomic mass is 10.1. The van der Waals surface area contributed by atoms with E-state index in [0.717, 1.165) is 12.1 Å². The second-order valence-corrected chi connectivity index (χ2v) is 5.22. The number of anilines is 2. The summed E-state index contributed by atoms with van der Waals surface area (Å²) in [5, 5.41) is 19.6. The van der Waals surface area contributed by atoms with Gasteiger partial charge in [0.1, 0.15) is 11.5 Å². The lowest BCUT2D eigenvalue weighted by Gasteiger charge is -2.09. The van der Waals surface area contributed by atoms with Crippen molar-refractivity contribution in [1.29, 1.82) is 0 Å². The van der Waals surface area contributed by atoms with Crippen LogP contribution in [0.1, 0.15) is 5.56 Å². The van der Waals surface area contributed by atoms with Crippen molar-refractivity contribution in [1.82, 2.24) is 10.2 Å². The first-order valence-corrected chi connectivity index (χ1v) is 7.24. The van der Waals surface area contributed by atoms with Gasteiger partial charge in [0.05, 0.1) is 23.9 Å². The van der Waals surface area contributed by atoms with Crippen LogP contribution in [0.5, 0.6) is 11.5 Å². The summed E-state index contributed by atoms with van der Waals surface area (Å²) in [7, 11) is 1.47. The number of aromatic hydroxyl groups is 1. The van der Waals surface area contributed by atoms with Crippen molar-refractivity contribution in [3.8, 4) is 22.8 Å². The van der Waals surface area contributed by atoms with Gasteiger partial charge in [-0.2, -0.15) is 18.3 Å². The molecule has 0 saturated heterocycles. The molecule has 3 rings (SSSR count). The number of H-pyrrole nitrogens is 1. The molecule has 0 bridgehead atoms. The zero-order valence-corrected chi connectivity index (χ0v) is 13.1. The highest BCUT2D eigenvalue weighted by Gasteiger charge is 2.30. The van der Waals surface area contributed by atoms with Crippen LogP contribution in [0, 0.1) is 0 Å². The summed E-state index contributed by atoms with van der Waals surface area (Å²) in [5.41, 5.74) is 0.367. The molecule has 0 aliphatic carbocycles. The fraction of sp³-hybridized carbons (Fsp3) is 0.118.